The molecule has 1 aromatic rings. The smallest absolute Gasteiger partial charge is 0.0594 e. The molecule has 0 amide bonds. The molecule has 2 rings (SSSR count). The third kappa shape index (κ3) is 3.63. The maximum atomic E-state index is 5.98. The zero-order valence-electron chi connectivity index (χ0n) is 11.2. The number of rotatable bonds is 4. The fraction of sp³-hybridized carbons (Fsp3) is 0.600. The van der Waals surface area contributed by atoms with Gasteiger partial charge in [0.2, 0.25) is 0 Å². The summed E-state index contributed by atoms with van der Waals surface area (Å²) in [5, 5.41) is 4.43. The molecule has 0 spiro atoms. The lowest BCUT2D eigenvalue weighted by molar-refractivity contribution is 0.00597. The first-order valence-electron chi connectivity index (χ1n) is 6.83. The van der Waals surface area contributed by atoms with Crippen molar-refractivity contribution in [3.63, 3.8) is 0 Å². The topological polar surface area (TPSA) is 21.3 Å². The molecule has 1 aliphatic heterocycles. The highest BCUT2D eigenvalue weighted by molar-refractivity contribution is 6.30. The quantitative estimate of drug-likeness (QED) is 0.873. The first-order chi connectivity index (χ1) is 8.69. The van der Waals surface area contributed by atoms with Crippen molar-refractivity contribution in [1.29, 1.82) is 0 Å². The molecule has 1 saturated heterocycles. The molecule has 1 N–H and O–H groups in total. The second-order valence-electron chi connectivity index (χ2n) is 5.11. The van der Waals surface area contributed by atoms with Gasteiger partial charge in [-0.2, -0.15) is 0 Å². The SMILES string of the molecule is CCCC1CC(Nc2ccc(Cl)cc2C)CCO1. The van der Waals surface area contributed by atoms with E-state index in [1.165, 1.54) is 17.7 Å². The summed E-state index contributed by atoms with van der Waals surface area (Å²) in [4.78, 5) is 0. The monoisotopic (exact) mass is 267 g/mol. The second kappa shape index (κ2) is 6.44. The van der Waals surface area contributed by atoms with E-state index in [-0.39, 0.29) is 0 Å². The normalized spacial score (nSPS) is 23.9. The number of aryl methyl sites for hydroxylation is 1. The van der Waals surface area contributed by atoms with Gasteiger partial charge in [0.25, 0.3) is 0 Å². The summed E-state index contributed by atoms with van der Waals surface area (Å²) < 4.78 is 5.77. The van der Waals surface area contributed by atoms with Gasteiger partial charge < -0.3 is 10.1 Å². The zero-order valence-corrected chi connectivity index (χ0v) is 12.0. The number of halogens is 1. The van der Waals surface area contributed by atoms with E-state index in [1.54, 1.807) is 0 Å². The van der Waals surface area contributed by atoms with Crippen LogP contribution in [-0.2, 0) is 4.74 Å². The van der Waals surface area contributed by atoms with Gasteiger partial charge in [-0.1, -0.05) is 24.9 Å². The number of hydrogen-bond acceptors (Lipinski definition) is 2. The fourth-order valence-corrected chi connectivity index (χ4v) is 2.77. The van der Waals surface area contributed by atoms with Crippen molar-refractivity contribution in [1.82, 2.24) is 0 Å². The van der Waals surface area contributed by atoms with Crippen LogP contribution in [0.3, 0.4) is 0 Å². The lowest BCUT2D eigenvalue weighted by Crippen LogP contribution is -2.34. The summed E-state index contributed by atoms with van der Waals surface area (Å²) in [5.74, 6) is 0. The first-order valence-corrected chi connectivity index (χ1v) is 7.21. The van der Waals surface area contributed by atoms with Crippen molar-refractivity contribution in [3.8, 4) is 0 Å². The molecule has 3 heteroatoms. The molecule has 2 nitrogen and oxygen atoms in total. The average Bonchev–Trinajstić information content (AvgIpc) is 2.34. The van der Waals surface area contributed by atoms with Gasteiger partial charge in [-0.3, -0.25) is 0 Å². The van der Waals surface area contributed by atoms with E-state index in [1.807, 2.05) is 12.1 Å². The van der Waals surface area contributed by atoms with Gasteiger partial charge in [0.05, 0.1) is 6.10 Å². The van der Waals surface area contributed by atoms with Gasteiger partial charge in [0.15, 0.2) is 0 Å². The molecule has 2 atom stereocenters. The van der Waals surface area contributed by atoms with Gasteiger partial charge in [0.1, 0.15) is 0 Å². The van der Waals surface area contributed by atoms with E-state index in [0.29, 0.717) is 12.1 Å². The Morgan fingerprint density at radius 3 is 3.00 bits per heavy atom. The van der Waals surface area contributed by atoms with Crippen LogP contribution in [0.25, 0.3) is 0 Å². The zero-order chi connectivity index (χ0) is 13.0. The molecule has 1 aliphatic rings. The Morgan fingerprint density at radius 1 is 1.44 bits per heavy atom. The maximum absolute atomic E-state index is 5.98. The largest absolute Gasteiger partial charge is 0.382 e. The van der Waals surface area contributed by atoms with E-state index in [2.05, 4.69) is 25.2 Å². The molecular weight excluding hydrogens is 246 g/mol. The summed E-state index contributed by atoms with van der Waals surface area (Å²) in [6.45, 7) is 5.18. The molecule has 0 aliphatic carbocycles. The van der Waals surface area contributed by atoms with Crippen LogP contribution in [0.5, 0.6) is 0 Å². The molecule has 1 fully saturated rings. The molecule has 0 aromatic heterocycles. The van der Waals surface area contributed by atoms with E-state index < -0.39 is 0 Å². The van der Waals surface area contributed by atoms with E-state index in [4.69, 9.17) is 16.3 Å². The predicted octanol–water partition coefficient (Wildman–Crippen LogP) is 4.41. The summed E-state index contributed by atoms with van der Waals surface area (Å²) in [5.41, 5.74) is 2.41. The van der Waals surface area contributed by atoms with E-state index in [0.717, 1.165) is 30.9 Å². The number of benzene rings is 1. The summed E-state index contributed by atoms with van der Waals surface area (Å²) in [7, 11) is 0. The second-order valence-corrected chi connectivity index (χ2v) is 5.54. The van der Waals surface area contributed by atoms with Crippen molar-refractivity contribution in [2.45, 2.75) is 51.7 Å². The molecular formula is C15H22ClNO. The van der Waals surface area contributed by atoms with Crippen LogP contribution in [0.2, 0.25) is 5.02 Å². The van der Waals surface area contributed by atoms with Crippen LogP contribution < -0.4 is 5.32 Å². The van der Waals surface area contributed by atoms with Crippen LogP contribution in [0.15, 0.2) is 18.2 Å². The number of anilines is 1. The van der Waals surface area contributed by atoms with Crippen molar-refractivity contribution in [3.05, 3.63) is 28.8 Å². The molecule has 1 heterocycles. The van der Waals surface area contributed by atoms with Crippen LogP contribution >= 0.6 is 11.6 Å². The highest BCUT2D eigenvalue weighted by Crippen LogP contribution is 2.25. The lowest BCUT2D eigenvalue weighted by atomic mass is 9.99. The minimum Gasteiger partial charge on any atom is -0.382 e. The molecule has 18 heavy (non-hydrogen) atoms. The van der Waals surface area contributed by atoms with Gasteiger partial charge in [-0.05, 0) is 49.9 Å². The fourth-order valence-electron chi connectivity index (χ4n) is 2.54. The highest BCUT2D eigenvalue weighted by Gasteiger charge is 2.22. The van der Waals surface area contributed by atoms with Crippen LogP contribution in [0.4, 0.5) is 5.69 Å². The third-order valence-electron chi connectivity index (χ3n) is 3.53. The lowest BCUT2D eigenvalue weighted by Gasteiger charge is -2.31. The molecule has 100 valence electrons. The van der Waals surface area contributed by atoms with E-state index >= 15 is 0 Å². The minimum absolute atomic E-state index is 0.425. The van der Waals surface area contributed by atoms with Gasteiger partial charge in [-0.25, -0.2) is 0 Å². The first kappa shape index (κ1) is 13.7. The third-order valence-corrected chi connectivity index (χ3v) is 3.76. The molecule has 0 bridgehead atoms. The van der Waals surface area contributed by atoms with Crippen molar-refractivity contribution in [2.24, 2.45) is 0 Å². The summed E-state index contributed by atoms with van der Waals surface area (Å²) >= 11 is 5.98. The number of nitrogens with one attached hydrogen (secondary N) is 1. The predicted molar refractivity (Wildman–Crippen MR) is 77.5 cm³/mol. The van der Waals surface area contributed by atoms with Crippen molar-refractivity contribution >= 4 is 17.3 Å². The van der Waals surface area contributed by atoms with E-state index in [9.17, 15) is 0 Å². The number of ether oxygens (including phenoxy) is 1. The average molecular weight is 268 g/mol. The van der Waals surface area contributed by atoms with Crippen LogP contribution in [0, 0.1) is 6.92 Å². The Labute approximate surface area is 115 Å². The van der Waals surface area contributed by atoms with Crippen LogP contribution in [0.1, 0.15) is 38.2 Å². The Hall–Kier alpha value is -0.730. The standard InChI is InChI=1S/C15H22ClNO/c1-3-4-14-10-13(7-8-18-14)17-15-6-5-12(16)9-11(15)2/h5-6,9,13-14,17H,3-4,7-8,10H2,1-2H3. The van der Waals surface area contributed by atoms with Gasteiger partial charge in [0, 0.05) is 23.4 Å². The summed E-state index contributed by atoms with van der Waals surface area (Å²) in [6, 6.07) is 6.55. The molecule has 1 aromatic carbocycles. The maximum Gasteiger partial charge on any atom is 0.0594 e. The Morgan fingerprint density at radius 2 is 2.28 bits per heavy atom. The van der Waals surface area contributed by atoms with Crippen molar-refractivity contribution < 1.29 is 4.74 Å². The highest BCUT2D eigenvalue weighted by atomic mass is 35.5. The van der Waals surface area contributed by atoms with Gasteiger partial charge in [-0.15, -0.1) is 0 Å². The number of hydrogen-bond donors (Lipinski definition) is 1. The molecule has 0 saturated carbocycles. The Kier molecular flexibility index (Phi) is 4.90. The molecule has 0 radical (unpaired) electrons. The minimum atomic E-state index is 0.425. The Bertz CT molecular complexity index is 392. The van der Waals surface area contributed by atoms with Crippen molar-refractivity contribution in [2.75, 3.05) is 11.9 Å². The summed E-state index contributed by atoms with van der Waals surface area (Å²) in [6.07, 6.45) is 4.97. The Balaban J connectivity index is 1.96. The van der Waals surface area contributed by atoms with Gasteiger partial charge >= 0.3 is 0 Å². The van der Waals surface area contributed by atoms with Crippen LogP contribution in [-0.4, -0.2) is 18.8 Å². The molecule has 2 unspecified atom stereocenters.